The van der Waals surface area contributed by atoms with E-state index in [1.807, 2.05) is 0 Å². The molecule has 2 aliphatic heterocycles. The van der Waals surface area contributed by atoms with Gasteiger partial charge in [-0.1, -0.05) is 0 Å². The van der Waals surface area contributed by atoms with Crippen molar-refractivity contribution in [1.29, 1.82) is 0 Å². The number of rotatable bonds is 2. The summed E-state index contributed by atoms with van der Waals surface area (Å²) in [6, 6.07) is 0.125. The average molecular weight is 332 g/mol. The van der Waals surface area contributed by atoms with Gasteiger partial charge in [0.2, 0.25) is 0 Å². The molecule has 2 unspecified atom stereocenters. The van der Waals surface area contributed by atoms with Crippen LogP contribution >= 0.6 is 15.9 Å². The molecule has 1 spiro atoms. The van der Waals surface area contributed by atoms with Gasteiger partial charge in [-0.05, 0) is 27.3 Å². The van der Waals surface area contributed by atoms with Gasteiger partial charge in [0.15, 0.2) is 0 Å². The van der Waals surface area contributed by atoms with Crippen LogP contribution in [-0.4, -0.2) is 40.1 Å². The highest BCUT2D eigenvalue weighted by atomic mass is 79.9. The van der Waals surface area contributed by atoms with E-state index in [2.05, 4.69) is 21.0 Å². The Morgan fingerprint density at radius 1 is 1.58 bits per heavy atom. The zero-order chi connectivity index (χ0) is 13.5. The van der Waals surface area contributed by atoms with Gasteiger partial charge in [0.25, 0.3) is 0 Å². The van der Waals surface area contributed by atoms with Crippen molar-refractivity contribution < 1.29 is 14.4 Å². The van der Waals surface area contributed by atoms with Crippen molar-refractivity contribution in [3.63, 3.8) is 0 Å². The molecule has 3 rings (SSSR count). The fraction of sp³-hybridized carbons (Fsp3) is 0.727. The fourth-order valence-corrected chi connectivity index (χ4v) is 3.20. The molecule has 2 fully saturated rings. The first-order chi connectivity index (χ1) is 9.10. The van der Waals surface area contributed by atoms with Crippen molar-refractivity contribution in [3.05, 3.63) is 20.8 Å². The first-order valence-electron chi connectivity index (χ1n) is 6.20. The number of halogens is 1. The van der Waals surface area contributed by atoms with E-state index in [4.69, 9.17) is 9.47 Å². The number of hydrogen-bond acceptors (Lipinski definition) is 5. The van der Waals surface area contributed by atoms with E-state index >= 15 is 0 Å². The lowest BCUT2D eigenvalue weighted by Crippen LogP contribution is -2.41. The Morgan fingerprint density at radius 2 is 2.42 bits per heavy atom. The van der Waals surface area contributed by atoms with Crippen LogP contribution in [0.2, 0.25) is 0 Å². The van der Waals surface area contributed by atoms with Gasteiger partial charge in [-0.2, -0.15) is 4.68 Å². The van der Waals surface area contributed by atoms with E-state index in [1.165, 1.54) is 0 Å². The number of aromatic nitrogens is 2. The average Bonchev–Trinajstić information content (AvgIpc) is 2.97. The number of nitro groups is 1. The molecule has 0 bridgehead atoms. The molecule has 1 aromatic rings. The molecule has 2 aliphatic rings. The molecular formula is C11H14BrN3O4. The van der Waals surface area contributed by atoms with Gasteiger partial charge in [0.1, 0.15) is 4.47 Å². The maximum atomic E-state index is 10.8. The van der Waals surface area contributed by atoms with Crippen LogP contribution in [0, 0.1) is 10.1 Å². The summed E-state index contributed by atoms with van der Waals surface area (Å²) in [6.07, 6.45) is 4.16. The van der Waals surface area contributed by atoms with Crippen molar-refractivity contribution in [2.75, 3.05) is 19.8 Å². The SMILES string of the molecule is O=[N+]([O-])c1nn(C2CCOC3(CCOC3)C2)cc1Br. The molecule has 1 aromatic heterocycles. The van der Waals surface area contributed by atoms with E-state index in [-0.39, 0.29) is 17.5 Å². The number of hydrogen-bond donors (Lipinski definition) is 0. The van der Waals surface area contributed by atoms with Gasteiger partial charge in [-0.15, -0.1) is 0 Å². The van der Waals surface area contributed by atoms with Crippen LogP contribution in [0.1, 0.15) is 25.3 Å². The predicted octanol–water partition coefficient (Wildman–Crippen LogP) is 2.06. The zero-order valence-corrected chi connectivity index (χ0v) is 11.8. The Labute approximate surface area is 118 Å². The Balaban J connectivity index is 1.82. The fourth-order valence-electron chi connectivity index (χ4n) is 2.76. The molecule has 0 aliphatic carbocycles. The molecule has 0 saturated carbocycles. The number of nitrogens with zero attached hydrogens (tertiary/aromatic N) is 3. The standard InChI is InChI=1S/C11H14BrN3O4/c12-9-6-14(13-10(9)15(16)17)8-1-3-19-11(5-8)2-4-18-7-11/h6,8H,1-5,7H2. The quantitative estimate of drug-likeness (QED) is 0.612. The van der Waals surface area contributed by atoms with Crippen LogP contribution in [0.25, 0.3) is 0 Å². The Kier molecular flexibility index (Phi) is 3.32. The second-order valence-electron chi connectivity index (χ2n) is 5.02. The van der Waals surface area contributed by atoms with Crippen LogP contribution in [-0.2, 0) is 9.47 Å². The van der Waals surface area contributed by atoms with Crippen LogP contribution in [0.5, 0.6) is 0 Å². The molecule has 7 nitrogen and oxygen atoms in total. The minimum absolute atomic E-state index is 0.125. The van der Waals surface area contributed by atoms with Gasteiger partial charge in [0.05, 0.1) is 29.5 Å². The van der Waals surface area contributed by atoms with Crippen molar-refractivity contribution in [2.24, 2.45) is 0 Å². The molecule has 104 valence electrons. The number of ether oxygens (including phenoxy) is 2. The smallest absolute Gasteiger partial charge is 0.378 e. The van der Waals surface area contributed by atoms with E-state index in [0.717, 1.165) is 25.9 Å². The summed E-state index contributed by atoms with van der Waals surface area (Å²) < 4.78 is 13.4. The van der Waals surface area contributed by atoms with E-state index in [0.29, 0.717) is 17.7 Å². The topological polar surface area (TPSA) is 79.4 Å². The van der Waals surface area contributed by atoms with Gasteiger partial charge >= 0.3 is 5.82 Å². The summed E-state index contributed by atoms with van der Waals surface area (Å²) in [5.74, 6) is -0.136. The summed E-state index contributed by atoms with van der Waals surface area (Å²) >= 11 is 3.18. The van der Waals surface area contributed by atoms with Crippen molar-refractivity contribution in [1.82, 2.24) is 9.78 Å². The monoisotopic (exact) mass is 331 g/mol. The van der Waals surface area contributed by atoms with Crippen LogP contribution < -0.4 is 0 Å². The third-order valence-electron chi connectivity index (χ3n) is 3.75. The third-order valence-corrected chi connectivity index (χ3v) is 4.31. The maximum absolute atomic E-state index is 10.8. The van der Waals surface area contributed by atoms with E-state index < -0.39 is 4.92 Å². The molecular weight excluding hydrogens is 318 g/mol. The zero-order valence-electron chi connectivity index (χ0n) is 10.2. The molecule has 2 atom stereocenters. The lowest BCUT2D eigenvalue weighted by atomic mass is 9.90. The lowest BCUT2D eigenvalue weighted by molar-refractivity contribution is -0.390. The maximum Gasteiger partial charge on any atom is 0.404 e. The molecule has 0 aromatic carbocycles. The largest absolute Gasteiger partial charge is 0.404 e. The van der Waals surface area contributed by atoms with E-state index in [1.54, 1.807) is 10.9 Å². The molecule has 0 amide bonds. The Hall–Kier alpha value is -0.990. The molecule has 0 radical (unpaired) electrons. The molecule has 3 heterocycles. The summed E-state index contributed by atoms with van der Waals surface area (Å²) in [5, 5.41) is 14.9. The summed E-state index contributed by atoms with van der Waals surface area (Å²) in [4.78, 5) is 10.3. The van der Waals surface area contributed by atoms with Crippen LogP contribution in [0.3, 0.4) is 0 Å². The second-order valence-corrected chi connectivity index (χ2v) is 5.87. The molecule has 0 N–H and O–H groups in total. The summed E-state index contributed by atoms with van der Waals surface area (Å²) in [7, 11) is 0. The van der Waals surface area contributed by atoms with Gasteiger partial charge < -0.3 is 19.6 Å². The van der Waals surface area contributed by atoms with Gasteiger partial charge in [-0.3, -0.25) is 0 Å². The van der Waals surface area contributed by atoms with Gasteiger partial charge in [-0.25, -0.2) is 0 Å². The first kappa shape index (κ1) is 13.0. The minimum atomic E-state index is -0.478. The summed E-state index contributed by atoms with van der Waals surface area (Å²) in [6.45, 7) is 1.96. The van der Waals surface area contributed by atoms with Crippen molar-refractivity contribution in [3.8, 4) is 0 Å². The highest BCUT2D eigenvalue weighted by Crippen LogP contribution is 2.38. The normalized spacial score (nSPS) is 30.9. The lowest BCUT2D eigenvalue weighted by Gasteiger charge is -2.36. The highest BCUT2D eigenvalue weighted by Gasteiger charge is 2.42. The van der Waals surface area contributed by atoms with Crippen LogP contribution in [0.15, 0.2) is 10.7 Å². The summed E-state index contributed by atoms with van der Waals surface area (Å²) in [5.41, 5.74) is -0.226. The predicted molar refractivity (Wildman–Crippen MR) is 69.0 cm³/mol. The van der Waals surface area contributed by atoms with Gasteiger partial charge in [0, 0.05) is 26.1 Å². The Bertz CT molecular complexity index is 498. The highest BCUT2D eigenvalue weighted by molar-refractivity contribution is 9.10. The molecule has 2 saturated heterocycles. The van der Waals surface area contributed by atoms with Crippen LogP contribution in [0.4, 0.5) is 5.82 Å². The molecule has 19 heavy (non-hydrogen) atoms. The van der Waals surface area contributed by atoms with Crippen molar-refractivity contribution in [2.45, 2.75) is 30.9 Å². The third kappa shape index (κ3) is 2.39. The molecule has 8 heteroatoms. The van der Waals surface area contributed by atoms with E-state index in [9.17, 15) is 10.1 Å². The Morgan fingerprint density at radius 3 is 3.05 bits per heavy atom. The first-order valence-corrected chi connectivity index (χ1v) is 7.00. The van der Waals surface area contributed by atoms with Crippen molar-refractivity contribution >= 4 is 21.7 Å². The second kappa shape index (κ2) is 4.84. The minimum Gasteiger partial charge on any atom is -0.378 e.